The van der Waals surface area contributed by atoms with Crippen molar-refractivity contribution in [3.63, 3.8) is 0 Å². The van der Waals surface area contributed by atoms with Gasteiger partial charge in [-0.15, -0.1) is 0 Å². The van der Waals surface area contributed by atoms with E-state index in [4.69, 9.17) is 11.6 Å². The quantitative estimate of drug-likeness (QED) is 0.406. The molecule has 138 valence electrons. The average molecular weight is 406 g/mol. The third kappa shape index (κ3) is 4.11. The number of amides is 1. The lowest BCUT2D eigenvalue weighted by Crippen LogP contribution is -2.29. The number of rotatable bonds is 5. The summed E-state index contributed by atoms with van der Waals surface area (Å²) in [6, 6.07) is 21.0. The summed E-state index contributed by atoms with van der Waals surface area (Å²) in [5, 5.41) is 1.17. The second kappa shape index (κ2) is 8.33. The lowest BCUT2D eigenvalue weighted by molar-refractivity contribution is -0.114. The molecule has 0 N–H and O–H groups in total. The van der Waals surface area contributed by atoms with Crippen LogP contribution >= 0.6 is 22.9 Å². The third-order valence-electron chi connectivity index (χ3n) is 4.12. The molecule has 1 amide bonds. The predicted molar refractivity (Wildman–Crippen MR) is 116 cm³/mol. The van der Waals surface area contributed by atoms with E-state index in [1.807, 2.05) is 60.7 Å². The van der Waals surface area contributed by atoms with Crippen LogP contribution in [0.3, 0.4) is 0 Å². The molecule has 0 spiro atoms. The van der Waals surface area contributed by atoms with Crippen LogP contribution in [0.4, 0.5) is 5.13 Å². The van der Waals surface area contributed by atoms with Gasteiger partial charge in [0, 0.05) is 12.3 Å². The van der Waals surface area contributed by atoms with Crippen molar-refractivity contribution in [1.82, 2.24) is 9.97 Å². The van der Waals surface area contributed by atoms with E-state index in [1.54, 1.807) is 29.3 Å². The first-order chi connectivity index (χ1) is 13.7. The van der Waals surface area contributed by atoms with Gasteiger partial charge < -0.3 is 0 Å². The fourth-order valence-corrected chi connectivity index (χ4v) is 4.00. The molecule has 0 bridgehead atoms. The molecular formula is C22H16ClN3OS. The van der Waals surface area contributed by atoms with Crippen LogP contribution in [0.1, 0.15) is 11.3 Å². The van der Waals surface area contributed by atoms with Crippen molar-refractivity contribution in [1.29, 1.82) is 0 Å². The number of thiazole rings is 1. The summed E-state index contributed by atoms with van der Waals surface area (Å²) in [5.41, 5.74) is 2.45. The first-order valence-corrected chi connectivity index (χ1v) is 9.90. The second-order valence-electron chi connectivity index (χ2n) is 6.07. The zero-order chi connectivity index (χ0) is 19.3. The lowest BCUT2D eigenvalue weighted by atomic mass is 10.2. The van der Waals surface area contributed by atoms with Crippen LogP contribution in [-0.4, -0.2) is 15.9 Å². The Morgan fingerprint density at radius 1 is 1.04 bits per heavy atom. The minimum atomic E-state index is -0.162. The Morgan fingerprint density at radius 2 is 1.86 bits per heavy atom. The number of anilines is 1. The van der Waals surface area contributed by atoms with E-state index in [0.29, 0.717) is 22.2 Å². The van der Waals surface area contributed by atoms with Crippen LogP contribution in [0.15, 0.2) is 79.0 Å². The Labute approximate surface area is 171 Å². The maximum Gasteiger partial charge on any atom is 0.253 e. The third-order valence-corrected chi connectivity index (χ3v) is 5.47. The number of hydrogen-bond acceptors (Lipinski definition) is 4. The first-order valence-electron chi connectivity index (χ1n) is 8.70. The number of nitrogens with zero attached hydrogens (tertiary/aromatic N) is 3. The van der Waals surface area contributed by atoms with E-state index in [2.05, 4.69) is 9.97 Å². The van der Waals surface area contributed by atoms with Gasteiger partial charge in [0.05, 0.1) is 22.0 Å². The molecule has 0 fully saturated rings. The Hall–Kier alpha value is -3.02. The Kier molecular flexibility index (Phi) is 5.46. The molecule has 0 aliphatic carbocycles. The van der Waals surface area contributed by atoms with Gasteiger partial charge in [-0.25, -0.2) is 4.98 Å². The molecule has 4 aromatic rings. The molecule has 4 rings (SSSR count). The molecule has 0 saturated carbocycles. The van der Waals surface area contributed by atoms with Gasteiger partial charge in [0.2, 0.25) is 0 Å². The monoisotopic (exact) mass is 405 g/mol. The highest BCUT2D eigenvalue weighted by Gasteiger charge is 2.19. The van der Waals surface area contributed by atoms with E-state index < -0.39 is 0 Å². The number of benzene rings is 2. The average Bonchev–Trinajstić information content (AvgIpc) is 3.17. The molecule has 0 aliphatic rings. The van der Waals surface area contributed by atoms with Crippen LogP contribution in [-0.2, 0) is 11.3 Å². The fourth-order valence-electron chi connectivity index (χ4n) is 2.73. The van der Waals surface area contributed by atoms with E-state index in [1.165, 1.54) is 11.3 Å². The highest BCUT2D eigenvalue weighted by molar-refractivity contribution is 7.22. The van der Waals surface area contributed by atoms with Gasteiger partial charge in [-0.3, -0.25) is 14.7 Å². The van der Waals surface area contributed by atoms with Crippen molar-refractivity contribution in [3.05, 3.63) is 95.3 Å². The summed E-state index contributed by atoms with van der Waals surface area (Å²) < 4.78 is 0.938. The van der Waals surface area contributed by atoms with Crippen molar-refractivity contribution in [2.24, 2.45) is 0 Å². The SMILES string of the molecule is O=C(/C=C/c1ccccc1)N(Cc1ccccn1)c1nc2c(Cl)cccc2s1. The molecule has 28 heavy (non-hydrogen) atoms. The highest BCUT2D eigenvalue weighted by Crippen LogP contribution is 2.33. The molecule has 6 heteroatoms. The Balaban J connectivity index is 1.69. The molecule has 4 nitrogen and oxygen atoms in total. The van der Waals surface area contributed by atoms with Gasteiger partial charge in [0.25, 0.3) is 5.91 Å². The standard InChI is InChI=1S/C22H16ClN3OS/c23-18-10-6-11-19-21(18)25-22(28-19)26(15-17-9-4-5-14-24-17)20(27)13-12-16-7-2-1-3-8-16/h1-14H,15H2/b13-12+. The van der Waals surface area contributed by atoms with Crippen molar-refractivity contribution in [3.8, 4) is 0 Å². The minimum Gasteiger partial charge on any atom is -0.278 e. The summed E-state index contributed by atoms with van der Waals surface area (Å²) in [6.07, 6.45) is 5.08. The Morgan fingerprint density at radius 3 is 2.61 bits per heavy atom. The number of hydrogen-bond donors (Lipinski definition) is 0. The van der Waals surface area contributed by atoms with Gasteiger partial charge in [-0.05, 0) is 35.9 Å². The van der Waals surface area contributed by atoms with E-state index >= 15 is 0 Å². The van der Waals surface area contributed by atoms with E-state index in [9.17, 15) is 4.79 Å². The van der Waals surface area contributed by atoms with Gasteiger partial charge in [0.1, 0.15) is 5.52 Å². The molecule has 0 saturated heterocycles. The summed E-state index contributed by atoms with van der Waals surface area (Å²) in [4.78, 5) is 23.6. The van der Waals surface area contributed by atoms with Crippen LogP contribution in [0.5, 0.6) is 0 Å². The van der Waals surface area contributed by atoms with Gasteiger partial charge >= 0.3 is 0 Å². The molecule has 0 unspecified atom stereocenters. The lowest BCUT2D eigenvalue weighted by Gasteiger charge is -2.17. The molecule has 0 aliphatic heterocycles. The topological polar surface area (TPSA) is 46.1 Å². The summed E-state index contributed by atoms with van der Waals surface area (Å²) >= 11 is 7.71. The van der Waals surface area contributed by atoms with E-state index in [-0.39, 0.29) is 5.91 Å². The van der Waals surface area contributed by atoms with Gasteiger partial charge in [0.15, 0.2) is 5.13 Å². The maximum atomic E-state index is 13.0. The minimum absolute atomic E-state index is 0.162. The zero-order valence-corrected chi connectivity index (χ0v) is 16.4. The molecule has 0 radical (unpaired) electrons. The normalized spacial score (nSPS) is 11.2. The van der Waals surface area contributed by atoms with Crippen molar-refractivity contribution in [2.75, 3.05) is 4.90 Å². The fraction of sp³-hybridized carbons (Fsp3) is 0.0455. The van der Waals surface area contributed by atoms with Crippen molar-refractivity contribution < 1.29 is 4.79 Å². The number of aromatic nitrogens is 2. The van der Waals surface area contributed by atoms with Crippen molar-refractivity contribution in [2.45, 2.75) is 6.54 Å². The smallest absolute Gasteiger partial charge is 0.253 e. The molecule has 2 aromatic carbocycles. The van der Waals surface area contributed by atoms with Crippen LogP contribution in [0, 0.1) is 0 Å². The number of carbonyl (C=O) groups is 1. The van der Waals surface area contributed by atoms with Crippen molar-refractivity contribution >= 4 is 50.3 Å². The number of fused-ring (bicyclic) bond motifs is 1. The van der Waals surface area contributed by atoms with E-state index in [0.717, 1.165) is 16.0 Å². The molecule has 2 heterocycles. The first kappa shape index (κ1) is 18.3. The van der Waals surface area contributed by atoms with Crippen LogP contribution in [0.25, 0.3) is 16.3 Å². The maximum absolute atomic E-state index is 13.0. The van der Waals surface area contributed by atoms with Gasteiger partial charge in [-0.1, -0.05) is 65.4 Å². The largest absolute Gasteiger partial charge is 0.278 e. The summed E-state index contributed by atoms with van der Waals surface area (Å²) in [6.45, 7) is 0.330. The second-order valence-corrected chi connectivity index (χ2v) is 7.49. The number of pyridine rings is 1. The predicted octanol–water partition coefficient (Wildman–Crippen LogP) is 5.59. The van der Waals surface area contributed by atoms with Crippen LogP contribution < -0.4 is 4.90 Å². The van der Waals surface area contributed by atoms with Crippen LogP contribution in [0.2, 0.25) is 5.02 Å². The molecule has 0 atom stereocenters. The number of carbonyl (C=O) groups excluding carboxylic acids is 1. The number of para-hydroxylation sites is 1. The zero-order valence-electron chi connectivity index (χ0n) is 14.8. The summed E-state index contributed by atoms with van der Waals surface area (Å²) in [7, 11) is 0. The molecular weight excluding hydrogens is 390 g/mol. The van der Waals surface area contributed by atoms with Gasteiger partial charge in [-0.2, -0.15) is 0 Å². The number of halogens is 1. The Bertz CT molecular complexity index is 1130. The molecule has 2 aromatic heterocycles. The summed E-state index contributed by atoms with van der Waals surface area (Å²) in [5.74, 6) is -0.162. The highest BCUT2D eigenvalue weighted by atomic mass is 35.5.